The van der Waals surface area contributed by atoms with Crippen LogP contribution in [-0.4, -0.2) is 23.7 Å². The van der Waals surface area contributed by atoms with Crippen molar-refractivity contribution in [1.29, 1.82) is 0 Å². The number of hydrogen-bond donors (Lipinski definition) is 2. The van der Waals surface area contributed by atoms with Crippen LogP contribution in [0.25, 0.3) is 0 Å². The minimum atomic E-state index is -4.54. The summed E-state index contributed by atoms with van der Waals surface area (Å²) in [5.41, 5.74) is 0.839. The molecular formula is C25H24Cl2F3N3O2. The third-order valence-corrected chi connectivity index (χ3v) is 6.72. The van der Waals surface area contributed by atoms with Gasteiger partial charge in [0.15, 0.2) is 0 Å². The van der Waals surface area contributed by atoms with Gasteiger partial charge in [0.1, 0.15) is 0 Å². The Morgan fingerprint density at radius 2 is 1.74 bits per heavy atom. The van der Waals surface area contributed by atoms with Crippen LogP contribution in [0, 0.1) is 5.92 Å². The van der Waals surface area contributed by atoms with E-state index in [-0.39, 0.29) is 16.6 Å². The molecule has 186 valence electrons. The molecule has 0 spiro atoms. The molecule has 0 radical (unpaired) electrons. The normalized spacial score (nSPS) is 18.3. The van der Waals surface area contributed by atoms with E-state index in [4.69, 9.17) is 27.7 Å². The predicted octanol–water partition coefficient (Wildman–Crippen LogP) is 6.99. The van der Waals surface area contributed by atoms with Crippen molar-refractivity contribution in [2.75, 3.05) is 11.9 Å². The van der Waals surface area contributed by atoms with Crippen LogP contribution in [0.4, 0.5) is 19.1 Å². The number of benzene rings is 2. The van der Waals surface area contributed by atoms with E-state index in [0.717, 1.165) is 55.1 Å². The SMILES string of the molecule is O=C(NC1CCC(CNc2cc(Cc3ccc(Cl)cc3)no2)CC1)c1cc(C(F)(F)F)ccc1Cl. The smallest absolute Gasteiger partial charge is 0.354 e. The molecule has 1 amide bonds. The van der Waals surface area contributed by atoms with Crippen molar-refractivity contribution < 1.29 is 22.5 Å². The van der Waals surface area contributed by atoms with Crippen LogP contribution in [-0.2, 0) is 12.6 Å². The first kappa shape index (κ1) is 25.4. The van der Waals surface area contributed by atoms with Gasteiger partial charge in [0, 0.05) is 30.1 Å². The summed E-state index contributed by atoms with van der Waals surface area (Å²) in [6.45, 7) is 0.704. The van der Waals surface area contributed by atoms with Crippen molar-refractivity contribution in [3.63, 3.8) is 0 Å². The quantitative estimate of drug-likeness (QED) is 0.348. The number of nitrogens with one attached hydrogen (secondary N) is 2. The van der Waals surface area contributed by atoms with Gasteiger partial charge in [0.25, 0.3) is 5.91 Å². The van der Waals surface area contributed by atoms with E-state index in [1.807, 2.05) is 30.3 Å². The molecule has 5 nitrogen and oxygen atoms in total. The number of hydrogen-bond acceptors (Lipinski definition) is 4. The third kappa shape index (κ3) is 6.92. The number of aromatic nitrogens is 1. The van der Waals surface area contributed by atoms with Crippen LogP contribution in [0.3, 0.4) is 0 Å². The summed E-state index contributed by atoms with van der Waals surface area (Å²) in [5, 5.41) is 10.9. The molecule has 1 aliphatic rings. The molecular weight excluding hydrogens is 502 g/mol. The second kappa shape index (κ2) is 10.9. The number of alkyl halides is 3. The minimum Gasteiger partial charge on any atom is -0.354 e. The Morgan fingerprint density at radius 1 is 1.03 bits per heavy atom. The fourth-order valence-electron chi connectivity index (χ4n) is 4.18. The van der Waals surface area contributed by atoms with Gasteiger partial charge in [-0.2, -0.15) is 13.2 Å². The zero-order chi connectivity index (χ0) is 25.0. The highest BCUT2D eigenvalue weighted by Gasteiger charge is 2.32. The molecule has 3 aromatic rings. The lowest BCUT2D eigenvalue weighted by Crippen LogP contribution is -2.38. The molecule has 0 saturated heterocycles. The third-order valence-electron chi connectivity index (χ3n) is 6.14. The maximum absolute atomic E-state index is 13.0. The Morgan fingerprint density at radius 3 is 2.43 bits per heavy atom. The van der Waals surface area contributed by atoms with E-state index in [0.29, 0.717) is 29.8 Å². The van der Waals surface area contributed by atoms with Crippen molar-refractivity contribution in [1.82, 2.24) is 10.5 Å². The van der Waals surface area contributed by atoms with E-state index in [2.05, 4.69) is 15.8 Å². The van der Waals surface area contributed by atoms with Crippen LogP contribution in [0.1, 0.15) is 52.9 Å². The minimum absolute atomic E-state index is 0.00382. The molecule has 1 heterocycles. The van der Waals surface area contributed by atoms with Gasteiger partial charge in [-0.1, -0.05) is 40.5 Å². The van der Waals surface area contributed by atoms with Crippen molar-refractivity contribution >= 4 is 35.0 Å². The van der Waals surface area contributed by atoms with E-state index in [1.165, 1.54) is 0 Å². The van der Waals surface area contributed by atoms with Crippen LogP contribution in [0.5, 0.6) is 0 Å². The molecule has 35 heavy (non-hydrogen) atoms. The average molecular weight is 526 g/mol. The molecule has 0 atom stereocenters. The molecule has 0 bridgehead atoms. The lowest BCUT2D eigenvalue weighted by atomic mass is 9.86. The van der Waals surface area contributed by atoms with E-state index >= 15 is 0 Å². The van der Waals surface area contributed by atoms with Crippen molar-refractivity contribution in [3.8, 4) is 0 Å². The largest absolute Gasteiger partial charge is 0.416 e. The fourth-order valence-corrected chi connectivity index (χ4v) is 4.51. The monoisotopic (exact) mass is 525 g/mol. The fraction of sp³-hybridized carbons (Fsp3) is 0.360. The summed E-state index contributed by atoms with van der Waals surface area (Å²) in [4.78, 5) is 12.6. The lowest BCUT2D eigenvalue weighted by Gasteiger charge is -2.29. The highest BCUT2D eigenvalue weighted by molar-refractivity contribution is 6.33. The predicted molar refractivity (Wildman–Crippen MR) is 129 cm³/mol. The second-order valence-electron chi connectivity index (χ2n) is 8.75. The van der Waals surface area contributed by atoms with Gasteiger partial charge in [-0.05, 0) is 67.5 Å². The number of anilines is 1. The first-order chi connectivity index (χ1) is 16.7. The standard InChI is InChI=1S/C25H24Cl2F3N3O2/c26-18-6-1-15(2-7-18)11-20-13-23(35-33-20)31-14-16-3-8-19(9-4-16)32-24(34)21-12-17(25(28,29)30)5-10-22(21)27/h1-2,5-7,10,12-13,16,19,31H,3-4,8-9,11,14H2,(H,32,34). The van der Waals surface area contributed by atoms with Crippen molar-refractivity contribution in [2.45, 2.75) is 44.3 Å². The van der Waals surface area contributed by atoms with Crippen LogP contribution >= 0.6 is 23.2 Å². The molecule has 0 unspecified atom stereocenters. The van der Waals surface area contributed by atoms with Crippen LogP contribution in [0.2, 0.25) is 10.0 Å². The summed E-state index contributed by atoms with van der Waals surface area (Å²) in [5.74, 6) is 0.395. The molecule has 1 aliphatic carbocycles. The van der Waals surface area contributed by atoms with E-state index < -0.39 is 17.6 Å². The summed E-state index contributed by atoms with van der Waals surface area (Å²) in [6.07, 6.45) is -0.715. The number of halogens is 5. The Labute approximate surface area is 211 Å². The highest BCUT2D eigenvalue weighted by Crippen LogP contribution is 2.32. The number of rotatable bonds is 7. The Kier molecular flexibility index (Phi) is 7.91. The molecule has 10 heteroatoms. The molecule has 1 saturated carbocycles. The van der Waals surface area contributed by atoms with Crippen molar-refractivity contribution in [3.05, 3.63) is 81.0 Å². The summed E-state index contributed by atoms with van der Waals surface area (Å²) in [7, 11) is 0. The van der Waals surface area contributed by atoms with Crippen LogP contribution < -0.4 is 10.6 Å². The molecule has 2 N–H and O–H groups in total. The van der Waals surface area contributed by atoms with Gasteiger partial charge >= 0.3 is 6.18 Å². The molecule has 1 fully saturated rings. The van der Waals surface area contributed by atoms with Gasteiger partial charge in [-0.15, -0.1) is 0 Å². The first-order valence-corrected chi connectivity index (χ1v) is 12.0. The maximum atomic E-state index is 13.0. The highest BCUT2D eigenvalue weighted by atomic mass is 35.5. The zero-order valence-corrected chi connectivity index (χ0v) is 20.2. The molecule has 1 aromatic heterocycles. The Balaban J connectivity index is 1.23. The van der Waals surface area contributed by atoms with Gasteiger partial charge in [-0.3, -0.25) is 4.79 Å². The summed E-state index contributed by atoms with van der Waals surface area (Å²) in [6, 6.07) is 12.1. The number of carbonyl (C=O) groups is 1. The lowest BCUT2D eigenvalue weighted by molar-refractivity contribution is -0.137. The molecule has 4 rings (SSSR count). The zero-order valence-electron chi connectivity index (χ0n) is 18.7. The topological polar surface area (TPSA) is 67.2 Å². The Hall–Kier alpha value is -2.71. The summed E-state index contributed by atoms with van der Waals surface area (Å²) < 4.78 is 44.3. The van der Waals surface area contributed by atoms with Gasteiger partial charge < -0.3 is 15.2 Å². The van der Waals surface area contributed by atoms with E-state index in [9.17, 15) is 18.0 Å². The first-order valence-electron chi connectivity index (χ1n) is 11.3. The van der Waals surface area contributed by atoms with E-state index in [1.54, 1.807) is 0 Å². The van der Waals surface area contributed by atoms with Gasteiger partial charge in [0.2, 0.25) is 5.88 Å². The second-order valence-corrected chi connectivity index (χ2v) is 9.59. The number of nitrogens with zero attached hydrogens (tertiary/aromatic N) is 1. The maximum Gasteiger partial charge on any atom is 0.416 e. The average Bonchev–Trinajstić information content (AvgIpc) is 3.27. The van der Waals surface area contributed by atoms with Gasteiger partial charge in [0.05, 0.1) is 21.8 Å². The number of carbonyl (C=O) groups excluding carboxylic acids is 1. The summed E-state index contributed by atoms with van der Waals surface area (Å²) >= 11 is 11.9. The Bertz CT molecular complexity index is 1160. The molecule has 2 aromatic carbocycles. The number of amides is 1. The van der Waals surface area contributed by atoms with Crippen LogP contribution in [0.15, 0.2) is 53.1 Å². The molecule has 0 aliphatic heterocycles. The van der Waals surface area contributed by atoms with Gasteiger partial charge in [-0.25, -0.2) is 0 Å². The van der Waals surface area contributed by atoms with Crippen molar-refractivity contribution in [2.24, 2.45) is 5.92 Å².